The van der Waals surface area contributed by atoms with Gasteiger partial charge in [-0.2, -0.15) is 0 Å². The highest BCUT2D eigenvalue weighted by molar-refractivity contribution is 5.32. The van der Waals surface area contributed by atoms with Gasteiger partial charge in [0, 0.05) is 6.04 Å². The summed E-state index contributed by atoms with van der Waals surface area (Å²) in [5, 5.41) is 3.82. The molecular weight excluding hydrogens is 242 g/mol. The Kier molecular flexibility index (Phi) is 5.65. The van der Waals surface area contributed by atoms with Crippen molar-refractivity contribution >= 4 is 0 Å². The van der Waals surface area contributed by atoms with Crippen LogP contribution in [0.3, 0.4) is 0 Å². The topological polar surface area (TPSA) is 12.0 Å². The van der Waals surface area contributed by atoms with Gasteiger partial charge in [0.2, 0.25) is 0 Å². The molecule has 1 aliphatic rings. The lowest BCUT2D eigenvalue weighted by molar-refractivity contribution is 0.231. The third kappa shape index (κ3) is 3.85. The van der Waals surface area contributed by atoms with Gasteiger partial charge in [-0.25, -0.2) is 0 Å². The molecule has 1 aliphatic carbocycles. The first-order valence-electron chi connectivity index (χ1n) is 8.42. The van der Waals surface area contributed by atoms with Crippen molar-refractivity contribution in [3.05, 3.63) is 34.9 Å². The second kappa shape index (κ2) is 7.26. The van der Waals surface area contributed by atoms with Gasteiger partial charge in [-0.05, 0) is 68.2 Å². The summed E-state index contributed by atoms with van der Waals surface area (Å²) in [7, 11) is 0. The number of hydrogen-bond acceptors (Lipinski definition) is 1. The Balaban J connectivity index is 2.15. The fourth-order valence-electron chi connectivity index (χ4n) is 3.43. The number of rotatable bonds is 5. The molecule has 1 nitrogen and oxygen atoms in total. The fourth-order valence-corrected chi connectivity index (χ4v) is 3.43. The van der Waals surface area contributed by atoms with Gasteiger partial charge in [0.05, 0.1) is 0 Å². The van der Waals surface area contributed by atoms with E-state index in [9.17, 15) is 0 Å². The molecule has 0 bridgehead atoms. The van der Waals surface area contributed by atoms with Crippen LogP contribution in [0.4, 0.5) is 0 Å². The van der Waals surface area contributed by atoms with E-state index in [-0.39, 0.29) is 0 Å². The molecule has 112 valence electrons. The van der Waals surface area contributed by atoms with E-state index < -0.39 is 0 Å². The van der Waals surface area contributed by atoms with Crippen LogP contribution in [0, 0.1) is 25.7 Å². The molecule has 1 aromatic carbocycles. The minimum atomic E-state index is 0.557. The lowest BCUT2D eigenvalue weighted by atomic mass is 9.77. The number of hydrogen-bond donors (Lipinski definition) is 1. The third-order valence-corrected chi connectivity index (χ3v) is 5.04. The monoisotopic (exact) mass is 273 g/mol. The summed E-state index contributed by atoms with van der Waals surface area (Å²) >= 11 is 0. The molecule has 0 saturated heterocycles. The van der Waals surface area contributed by atoms with Crippen LogP contribution in [0.5, 0.6) is 0 Å². The fraction of sp³-hybridized carbons (Fsp3) is 0.684. The predicted octanol–water partition coefficient (Wildman–Crippen LogP) is 5.17. The van der Waals surface area contributed by atoms with Crippen LogP contribution in [-0.2, 0) is 0 Å². The smallest absolute Gasteiger partial charge is 0.0348 e. The van der Waals surface area contributed by atoms with Gasteiger partial charge in [0.1, 0.15) is 0 Å². The Morgan fingerprint density at radius 3 is 2.40 bits per heavy atom. The van der Waals surface area contributed by atoms with Gasteiger partial charge in [0.25, 0.3) is 0 Å². The SMILES string of the molecule is CCCNC(c1ccc(C)c(C)c1)C1CCC(C)CC1. The van der Waals surface area contributed by atoms with Gasteiger partial charge in [-0.3, -0.25) is 0 Å². The van der Waals surface area contributed by atoms with E-state index in [0.29, 0.717) is 6.04 Å². The van der Waals surface area contributed by atoms with Gasteiger partial charge in [-0.1, -0.05) is 44.9 Å². The van der Waals surface area contributed by atoms with Crippen molar-refractivity contribution in [2.24, 2.45) is 11.8 Å². The number of benzene rings is 1. The van der Waals surface area contributed by atoms with E-state index in [4.69, 9.17) is 0 Å². The minimum Gasteiger partial charge on any atom is -0.310 e. The summed E-state index contributed by atoms with van der Waals surface area (Å²) in [6.07, 6.45) is 6.79. The van der Waals surface area contributed by atoms with Crippen LogP contribution in [-0.4, -0.2) is 6.54 Å². The van der Waals surface area contributed by atoms with E-state index in [1.807, 2.05) is 0 Å². The van der Waals surface area contributed by atoms with Crippen molar-refractivity contribution in [1.29, 1.82) is 0 Å². The van der Waals surface area contributed by atoms with E-state index >= 15 is 0 Å². The molecule has 20 heavy (non-hydrogen) atoms. The van der Waals surface area contributed by atoms with Crippen molar-refractivity contribution in [2.75, 3.05) is 6.54 Å². The van der Waals surface area contributed by atoms with Crippen LogP contribution in [0.15, 0.2) is 18.2 Å². The largest absolute Gasteiger partial charge is 0.310 e. The zero-order valence-electron chi connectivity index (χ0n) is 13.7. The molecule has 1 saturated carbocycles. The molecule has 1 atom stereocenters. The summed E-state index contributed by atoms with van der Waals surface area (Å²) in [5.74, 6) is 1.75. The third-order valence-electron chi connectivity index (χ3n) is 5.04. The first-order valence-corrected chi connectivity index (χ1v) is 8.42. The van der Waals surface area contributed by atoms with E-state index in [0.717, 1.165) is 18.4 Å². The highest BCUT2D eigenvalue weighted by Gasteiger charge is 2.26. The maximum atomic E-state index is 3.82. The standard InChI is InChI=1S/C19H31N/c1-5-12-20-19(17-9-6-14(2)7-10-17)18-11-8-15(3)16(4)13-18/h8,11,13-14,17,19-20H,5-7,9-10,12H2,1-4H3. The summed E-state index contributed by atoms with van der Waals surface area (Å²) in [6, 6.07) is 7.59. The average molecular weight is 273 g/mol. The predicted molar refractivity (Wildman–Crippen MR) is 88.1 cm³/mol. The van der Waals surface area contributed by atoms with E-state index in [1.165, 1.54) is 48.8 Å². The lowest BCUT2D eigenvalue weighted by Crippen LogP contribution is -2.31. The summed E-state index contributed by atoms with van der Waals surface area (Å²) < 4.78 is 0. The molecule has 1 N–H and O–H groups in total. The molecule has 1 fully saturated rings. The molecule has 1 unspecified atom stereocenters. The molecule has 1 heteroatoms. The van der Waals surface area contributed by atoms with Crippen LogP contribution in [0.25, 0.3) is 0 Å². The molecule has 0 amide bonds. The van der Waals surface area contributed by atoms with E-state index in [2.05, 4.69) is 51.2 Å². The second-order valence-corrected chi connectivity index (χ2v) is 6.80. The highest BCUT2D eigenvalue weighted by atomic mass is 14.9. The molecule has 0 radical (unpaired) electrons. The molecule has 0 aliphatic heterocycles. The Morgan fingerprint density at radius 2 is 1.80 bits per heavy atom. The van der Waals surface area contributed by atoms with Gasteiger partial charge in [0.15, 0.2) is 0 Å². The maximum absolute atomic E-state index is 3.82. The van der Waals surface area contributed by atoms with Crippen LogP contribution in [0.1, 0.15) is 68.7 Å². The van der Waals surface area contributed by atoms with Crippen molar-refractivity contribution in [2.45, 2.75) is 65.8 Å². The number of aryl methyl sites for hydroxylation is 2. The summed E-state index contributed by atoms with van der Waals surface area (Å²) in [6.45, 7) is 10.2. The number of nitrogens with one attached hydrogen (secondary N) is 1. The molecule has 0 heterocycles. The molecule has 1 aromatic rings. The Bertz CT molecular complexity index is 416. The molecule has 2 rings (SSSR count). The minimum absolute atomic E-state index is 0.557. The Labute approximate surface area is 125 Å². The van der Waals surface area contributed by atoms with Gasteiger partial charge >= 0.3 is 0 Å². The van der Waals surface area contributed by atoms with Gasteiger partial charge in [-0.15, -0.1) is 0 Å². The van der Waals surface area contributed by atoms with Crippen LogP contribution in [0.2, 0.25) is 0 Å². The molecule has 0 spiro atoms. The van der Waals surface area contributed by atoms with Crippen molar-refractivity contribution in [3.8, 4) is 0 Å². The Hall–Kier alpha value is -0.820. The van der Waals surface area contributed by atoms with Crippen LogP contribution < -0.4 is 5.32 Å². The molecule has 0 aromatic heterocycles. The van der Waals surface area contributed by atoms with Gasteiger partial charge < -0.3 is 5.32 Å². The van der Waals surface area contributed by atoms with E-state index in [1.54, 1.807) is 0 Å². The maximum Gasteiger partial charge on any atom is 0.0348 e. The Morgan fingerprint density at radius 1 is 1.10 bits per heavy atom. The normalized spacial score (nSPS) is 24.6. The summed E-state index contributed by atoms with van der Waals surface area (Å²) in [5.41, 5.74) is 4.33. The quantitative estimate of drug-likeness (QED) is 0.780. The molecular formula is C19H31N. The lowest BCUT2D eigenvalue weighted by Gasteiger charge is -2.34. The van der Waals surface area contributed by atoms with Crippen molar-refractivity contribution in [1.82, 2.24) is 5.32 Å². The summed E-state index contributed by atoms with van der Waals surface area (Å²) in [4.78, 5) is 0. The first-order chi connectivity index (χ1) is 9.61. The second-order valence-electron chi connectivity index (χ2n) is 6.80. The zero-order chi connectivity index (χ0) is 14.5. The first kappa shape index (κ1) is 15.6. The zero-order valence-corrected chi connectivity index (χ0v) is 13.7. The van der Waals surface area contributed by atoms with Crippen LogP contribution >= 0.6 is 0 Å². The van der Waals surface area contributed by atoms with Crippen molar-refractivity contribution in [3.63, 3.8) is 0 Å². The average Bonchev–Trinajstić information content (AvgIpc) is 2.45. The van der Waals surface area contributed by atoms with Crippen molar-refractivity contribution < 1.29 is 0 Å². The highest BCUT2D eigenvalue weighted by Crippen LogP contribution is 2.37.